The molecular formula is C22H29N3O3. The second-order valence-corrected chi connectivity index (χ2v) is 8.04. The molecule has 1 heterocycles. The first kappa shape index (κ1) is 21.4. The monoisotopic (exact) mass is 383 g/mol. The van der Waals surface area contributed by atoms with Crippen LogP contribution in [0.25, 0.3) is 0 Å². The van der Waals surface area contributed by atoms with Crippen LogP contribution in [0.4, 0.5) is 5.69 Å². The summed E-state index contributed by atoms with van der Waals surface area (Å²) in [4.78, 5) is 31.0. The van der Waals surface area contributed by atoms with Crippen LogP contribution in [0.5, 0.6) is 0 Å². The first-order chi connectivity index (χ1) is 13.1. The minimum absolute atomic E-state index is 0.215. The Morgan fingerprint density at radius 2 is 1.75 bits per heavy atom. The fourth-order valence-electron chi connectivity index (χ4n) is 3.08. The highest BCUT2D eigenvalue weighted by Crippen LogP contribution is 2.37. The third-order valence-electron chi connectivity index (χ3n) is 4.47. The predicted molar refractivity (Wildman–Crippen MR) is 110 cm³/mol. The Morgan fingerprint density at radius 1 is 1.11 bits per heavy atom. The molecule has 150 valence electrons. The SMILES string of the molecule is CC(=O)O[C@H](c1cnccc1N(C)C)[C@H](NC(=O)c1ccccc1)C(C)(C)C. The fraction of sp³-hybridized carbons (Fsp3) is 0.409. The molecule has 1 aromatic carbocycles. The molecule has 0 saturated carbocycles. The summed E-state index contributed by atoms with van der Waals surface area (Å²) in [6.07, 6.45) is 2.70. The Morgan fingerprint density at radius 3 is 2.29 bits per heavy atom. The van der Waals surface area contributed by atoms with E-state index in [9.17, 15) is 9.59 Å². The van der Waals surface area contributed by atoms with Crippen molar-refractivity contribution in [3.8, 4) is 0 Å². The van der Waals surface area contributed by atoms with Gasteiger partial charge in [0, 0.05) is 50.2 Å². The Kier molecular flexibility index (Phi) is 6.78. The molecule has 0 spiro atoms. The van der Waals surface area contributed by atoms with Crippen molar-refractivity contribution in [3.63, 3.8) is 0 Å². The number of pyridine rings is 1. The molecule has 0 aliphatic carbocycles. The smallest absolute Gasteiger partial charge is 0.303 e. The molecule has 6 heteroatoms. The van der Waals surface area contributed by atoms with Gasteiger partial charge in [-0.15, -0.1) is 0 Å². The molecule has 0 fully saturated rings. The molecule has 0 saturated heterocycles. The zero-order chi connectivity index (χ0) is 20.9. The molecule has 0 aliphatic heterocycles. The van der Waals surface area contributed by atoms with Gasteiger partial charge in [-0.1, -0.05) is 39.0 Å². The summed E-state index contributed by atoms with van der Waals surface area (Å²) < 4.78 is 5.73. The number of hydrogen-bond donors (Lipinski definition) is 1. The fourth-order valence-corrected chi connectivity index (χ4v) is 3.08. The van der Waals surface area contributed by atoms with E-state index in [2.05, 4.69) is 10.3 Å². The minimum atomic E-state index is -0.684. The number of carbonyl (C=O) groups excluding carboxylic acids is 2. The maximum absolute atomic E-state index is 12.9. The van der Waals surface area contributed by atoms with E-state index < -0.39 is 18.1 Å². The number of amides is 1. The van der Waals surface area contributed by atoms with Gasteiger partial charge < -0.3 is 15.0 Å². The first-order valence-corrected chi connectivity index (χ1v) is 9.25. The summed E-state index contributed by atoms with van der Waals surface area (Å²) in [5.74, 6) is -0.630. The van der Waals surface area contributed by atoms with Crippen LogP contribution in [0.2, 0.25) is 0 Å². The summed E-state index contributed by atoms with van der Waals surface area (Å²) in [6.45, 7) is 7.39. The summed E-state index contributed by atoms with van der Waals surface area (Å²) in [7, 11) is 3.83. The lowest BCUT2D eigenvalue weighted by Gasteiger charge is -2.38. The van der Waals surface area contributed by atoms with Crippen LogP contribution in [0.3, 0.4) is 0 Å². The van der Waals surface area contributed by atoms with Gasteiger partial charge in [0.2, 0.25) is 0 Å². The lowest BCUT2D eigenvalue weighted by atomic mass is 9.80. The molecule has 2 atom stereocenters. The van der Waals surface area contributed by atoms with Crippen molar-refractivity contribution in [2.45, 2.75) is 39.8 Å². The highest BCUT2D eigenvalue weighted by Gasteiger charge is 2.38. The van der Waals surface area contributed by atoms with Crippen molar-refractivity contribution in [1.29, 1.82) is 0 Å². The first-order valence-electron chi connectivity index (χ1n) is 9.25. The number of esters is 1. The number of anilines is 1. The van der Waals surface area contributed by atoms with Gasteiger partial charge in [0.05, 0.1) is 6.04 Å². The second-order valence-electron chi connectivity index (χ2n) is 8.04. The second kappa shape index (κ2) is 8.87. The summed E-state index contributed by atoms with van der Waals surface area (Å²) in [5.41, 5.74) is 1.79. The largest absolute Gasteiger partial charge is 0.455 e. The molecule has 1 aromatic heterocycles. The average molecular weight is 383 g/mol. The highest BCUT2D eigenvalue weighted by molar-refractivity contribution is 5.94. The molecule has 1 amide bonds. The topological polar surface area (TPSA) is 71.5 Å². The zero-order valence-corrected chi connectivity index (χ0v) is 17.4. The molecule has 0 bridgehead atoms. The third kappa shape index (κ3) is 5.31. The Labute approximate surface area is 166 Å². The summed E-state index contributed by atoms with van der Waals surface area (Å²) >= 11 is 0. The van der Waals surface area contributed by atoms with Gasteiger partial charge in [0.25, 0.3) is 5.91 Å². The van der Waals surface area contributed by atoms with Crippen molar-refractivity contribution in [2.75, 3.05) is 19.0 Å². The molecule has 2 rings (SSSR count). The van der Waals surface area contributed by atoms with Gasteiger partial charge >= 0.3 is 5.97 Å². The number of ether oxygens (including phenoxy) is 1. The maximum Gasteiger partial charge on any atom is 0.303 e. The van der Waals surface area contributed by atoms with Crippen LogP contribution in [-0.4, -0.2) is 37.0 Å². The number of nitrogens with one attached hydrogen (secondary N) is 1. The number of aromatic nitrogens is 1. The molecule has 28 heavy (non-hydrogen) atoms. The number of nitrogens with zero attached hydrogens (tertiary/aromatic N) is 2. The third-order valence-corrected chi connectivity index (χ3v) is 4.47. The zero-order valence-electron chi connectivity index (χ0n) is 17.4. The Bertz CT molecular complexity index is 813. The van der Waals surface area contributed by atoms with Crippen molar-refractivity contribution in [1.82, 2.24) is 10.3 Å². The van der Waals surface area contributed by atoms with Crippen LogP contribution in [0, 0.1) is 5.41 Å². The number of rotatable bonds is 6. The summed E-state index contributed by atoms with van der Waals surface area (Å²) in [6, 6.07) is 10.4. The van der Waals surface area contributed by atoms with Gasteiger partial charge in [0.1, 0.15) is 0 Å². The molecule has 6 nitrogen and oxygen atoms in total. The van der Waals surface area contributed by atoms with Crippen LogP contribution >= 0.6 is 0 Å². The molecule has 0 unspecified atom stereocenters. The molecule has 0 aliphatic rings. The number of benzene rings is 1. The normalized spacial score (nSPS) is 13.4. The number of carbonyl (C=O) groups is 2. The van der Waals surface area contributed by atoms with E-state index in [4.69, 9.17) is 4.74 Å². The van der Waals surface area contributed by atoms with Crippen LogP contribution < -0.4 is 10.2 Å². The molecule has 0 radical (unpaired) electrons. The van der Waals surface area contributed by atoms with Crippen LogP contribution in [-0.2, 0) is 9.53 Å². The van der Waals surface area contributed by atoms with Crippen molar-refractivity contribution < 1.29 is 14.3 Å². The van der Waals surface area contributed by atoms with E-state index in [1.807, 2.05) is 64.0 Å². The number of hydrogen-bond acceptors (Lipinski definition) is 5. The average Bonchev–Trinajstić information content (AvgIpc) is 2.64. The van der Waals surface area contributed by atoms with E-state index >= 15 is 0 Å². The van der Waals surface area contributed by atoms with Crippen LogP contribution in [0.1, 0.15) is 49.7 Å². The van der Waals surface area contributed by atoms with Gasteiger partial charge in [-0.05, 0) is 23.6 Å². The van der Waals surface area contributed by atoms with Crippen molar-refractivity contribution in [2.24, 2.45) is 5.41 Å². The van der Waals surface area contributed by atoms with E-state index in [-0.39, 0.29) is 11.3 Å². The predicted octanol–water partition coefficient (Wildman–Crippen LogP) is 3.60. The van der Waals surface area contributed by atoms with Crippen LogP contribution in [0.15, 0.2) is 48.8 Å². The summed E-state index contributed by atoms with van der Waals surface area (Å²) in [5, 5.41) is 3.08. The van der Waals surface area contributed by atoms with E-state index in [1.165, 1.54) is 6.92 Å². The quantitative estimate of drug-likeness (QED) is 0.772. The maximum atomic E-state index is 12.9. The van der Waals surface area contributed by atoms with E-state index in [0.717, 1.165) is 11.3 Å². The molecular weight excluding hydrogens is 354 g/mol. The Hall–Kier alpha value is -2.89. The lowest BCUT2D eigenvalue weighted by molar-refractivity contribution is -0.149. The standard InChI is InChI=1S/C22H29N3O3/c1-15(26)28-19(17-14-23-13-12-18(17)25(5)6)20(22(2,3)4)24-21(27)16-10-8-7-9-11-16/h7-14,19-20H,1-6H3,(H,24,27)/t19-,20+/m1/s1. The van der Waals surface area contributed by atoms with Gasteiger partial charge in [-0.2, -0.15) is 0 Å². The van der Waals surface area contributed by atoms with Gasteiger partial charge in [0.15, 0.2) is 6.10 Å². The highest BCUT2D eigenvalue weighted by atomic mass is 16.5. The Balaban J connectivity index is 2.50. The molecule has 2 aromatic rings. The minimum Gasteiger partial charge on any atom is -0.455 e. The van der Waals surface area contributed by atoms with E-state index in [1.54, 1.807) is 24.5 Å². The molecule has 1 N–H and O–H groups in total. The van der Waals surface area contributed by atoms with Gasteiger partial charge in [-0.3, -0.25) is 14.6 Å². The van der Waals surface area contributed by atoms with Crippen molar-refractivity contribution in [3.05, 3.63) is 59.9 Å². The lowest BCUT2D eigenvalue weighted by Crippen LogP contribution is -2.49. The van der Waals surface area contributed by atoms with Gasteiger partial charge in [-0.25, -0.2) is 0 Å². The van der Waals surface area contributed by atoms with E-state index in [0.29, 0.717) is 5.56 Å². The van der Waals surface area contributed by atoms with Crippen molar-refractivity contribution >= 4 is 17.6 Å².